The Morgan fingerprint density at radius 1 is 1.19 bits per heavy atom. The summed E-state index contributed by atoms with van der Waals surface area (Å²) < 4.78 is 0. The van der Waals surface area contributed by atoms with Gasteiger partial charge in [-0.2, -0.15) is 0 Å². The number of hydrogen-bond donors (Lipinski definition) is 1. The summed E-state index contributed by atoms with van der Waals surface area (Å²) in [6.07, 6.45) is 0.793. The number of nitrogens with one attached hydrogen (secondary N) is 1. The highest BCUT2D eigenvalue weighted by Crippen LogP contribution is 2.14. The highest BCUT2D eigenvalue weighted by Gasteiger charge is 2.22. The maximum atomic E-state index is 12.5. The first-order chi connectivity index (χ1) is 10.1. The number of halogens is 1. The third-order valence-electron chi connectivity index (χ3n) is 3.54. The van der Waals surface area contributed by atoms with E-state index in [2.05, 4.69) is 5.32 Å². The number of carbonyl (C=O) groups is 2. The van der Waals surface area contributed by atoms with Crippen molar-refractivity contribution in [2.75, 3.05) is 39.8 Å². The van der Waals surface area contributed by atoms with Crippen molar-refractivity contribution in [2.45, 2.75) is 6.42 Å². The van der Waals surface area contributed by atoms with Gasteiger partial charge in [-0.25, -0.2) is 0 Å². The fraction of sp³-hybridized carbons (Fsp3) is 0.467. The first-order valence-electron chi connectivity index (χ1n) is 7.09. The molecule has 1 saturated heterocycles. The van der Waals surface area contributed by atoms with Gasteiger partial charge in [0.2, 0.25) is 5.91 Å². The van der Waals surface area contributed by atoms with E-state index >= 15 is 0 Å². The van der Waals surface area contributed by atoms with Gasteiger partial charge in [-0.1, -0.05) is 17.7 Å². The minimum atomic E-state index is -0.0274. The lowest BCUT2D eigenvalue weighted by Crippen LogP contribution is -2.40. The smallest absolute Gasteiger partial charge is 0.253 e. The van der Waals surface area contributed by atoms with Gasteiger partial charge in [-0.05, 0) is 31.7 Å². The molecule has 114 valence electrons. The number of rotatable bonds is 3. The van der Waals surface area contributed by atoms with E-state index in [0.717, 1.165) is 6.42 Å². The van der Waals surface area contributed by atoms with Crippen molar-refractivity contribution >= 4 is 23.4 Å². The maximum absolute atomic E-state index is 12.5. The van der Waals surface area contributed by atoms with Crippen LogP contribution < -0.4 is 5.32 Å². The summed E-state index contributed by atoms with van der Waals surface area (Å²) >= 11 is 5.93. The summed E-state index contributed by atoms with van der Waals surface area (Å²) in [5, 5.41) is 3.42. The van der Waals surface area contributed by atoms with E-state index in [4.69, 9.17) is 11.6 Å². The van der Waals surface area contributed by atoms with E-state index in [1.165, 1.54) is 0 Å². The molecular formula is C15H20ClN3O2. The first-order valence-corrected chi connectivity index (χ1v) is 7.47. The van der Waals surface area contributed by atoms with Crippen LogP contribution in [-0.4, -0.2) is 61.4 Å². The number of benzene rings is 1. The topological polar surface area (TPSA) is 52.7 Å². The Hall–Kier alpha value is -1.59. The third kappa shape index (κ3) is 4.19. The monoisotopic (exact) mass is 309 g/mol. The van der Waals surface area contributed by atoms with Crippen LogP contribution in [0.2, 0.25) is 5.02 Å². The Bertz CT molecular complexity index is 521. The molecule has 0 unspecified atom stereocenters. The van der Waals surface area contributed by atoms with Crippen LogP contribution >= 0.6 is 11.6 Å². The van der Waals surface area contributed by atoms with E-state index in [-0.39, 0.29) is 11.8 Å². The average molecular weight is 310 g/mol. The molecule has 0 bridgehead atoms. The summed E-state index contributed by atoms with van der Waals surface area (Å²) in [7, 11) is 1.75. The van der Waals surface area contributed by atoms with Crippen molar-refractivity contribution in [3.05, 3.63) is 34.9 Å². The lowest BCUT2D eigenvalue weighted by molar-refractivity contribution is -0.130. The normalized spacial score (nSPS) is 15.7. The van der Waals surface area contributed by atoms with E-state index in [1.54, 1.807) is 36.2 Å². The van der Waals surface area contributed by atoms with Crippen LogP contribution in [0.4, 0.5) is 0 Å². The summed E-state index contributed by atoms with van der Waals surface area (Å²) in [5.41, 5.74) is 0.595. The zero-order chi connectivity index (χ0) is 15.2. The SMILES string of the molecule is CNCC(=O)N1CCCN(C(=O)c2cccc(Cl)c2)CC1. The lowest BCUT2D eigenvalue weighted by Gasteiger charge is -2.22. The molecule has 1 heterocycles. The number of amides is 2. The van der Waals surface area contributed by atoms with E-state index < -0.39 is 0 Å². The van der Waals surface area contributed by atoms with Crippen LogP contribution in [0.25, 0.3) is 0 Å². The summed E-state index contributed by atoms with van der Waals surface area (Å²) in [4.78, 5) is 27.9. The molecule has 1 aromatic carbocycles. The molecule has 0 saturated carbocycles. The summed E-state index contributed by atoms with van der Waals surface area (Å²) in [5.74, 6) is 0.0509. The molecule has 0 aromatic heterocycles. The van der Waals surface area contributed by atoms with Gasteiger partial charge in [0.05, 0.1) is 6.54 Å². The molecule has 2 rings (SSSR count). The van der Waals surface area contributed by atoms with Crippen molar-refractivity contribution in [3.8, 4) is 0 Å². The highest BCUT2D eigenvalue weighted by molar-refractivity contribution is 6.30. The number of carbonyl (C=O) groups excluding carboxylic acids is 2. The second-order valence-corrected chi connectivity index (χ2v) is 5.50. The Morgan fingerprint density at radius 2 is 1.90 bits per heavy atom. The molecule has 2 amide bonds. The fourth-order valence-corrected chi connectivity index (χ4v) is 2.63. The molecule has 1 aromatic rings. The third-order valence-corrected chi connectivity index (χ3v) is 3.77. The minimum absolute atomic E-state index is 0.0274. The first kappa shape index (κ1) is 15.8. The van der Waals surface area contributed by atoms with Crippen LogP contribution in [0.3, 0.4) is 0 Å². The molecule has 1 aliphatic rings. The van der Waals surface area contributed by atoms with Crippen molar-refractivity contribution in [1.29, 1.82) is 0 Å². The zero-order valence-electron chi connectivity index (χ0n) is 12.1. The number of nitrogens with zero attached hydrogens (tertiary/aromatic N) is 2. The van der Waals surface area contributed by atoms with Crippen molar-refractivity contribution in [2.24, 2.45) is 0 Å². The lowest BCUT2D eigenvalue weighted by atomic mass is 10.2. The van der Waals surface area contributed by atoms with E-state index in [0.29, 0.717) is 43.3 Å². The zero-order valence-corrected chi connectivity index (χ0v) is 12.9. The molecule has 1 aliphatic heterocycles. The summed E-state index contributed by atoms with van der Waals surface area (Å²) in [6.45, 7) is 2.82. The molecule has 0 radical (unpaired) electrons. The Balaban J connectivity index is 1.99. The molecule has 0 spiro atoms. The molecule has 5 nitrogen and oxygen atoms in total. The molecule has 0 atom stereocenters. The van der Waals surface area contributed by atoms with Crippen LogP contribution in [0, 0.1) is 0 Å². The molecule has 1 fully saturated rings. The largest absolute Gasteiger partial charge is 0.340 e. The van der Waals surface area contributed by atoms with Gasteiger partial charge < -0.3 is 15.1 Å². The van der Waals surface area contributed by atoms with Crippen molar-refractivity contribution in [3.63, 3.8) is 0 Å². The molecule has 21 heavy (non-hydrogen) atoms. The van der Waals surface area contributed by atoms with Gasteiger partial charge in [0.25, 0.3) is 5.91 Å². The highest BCUT2D eigenvalue weighted by atomic mass is 35.5. The van der Waals surface area contributed by atoms with Crippen molar-refractivity contribution < 1.29 is 9.59 Å². The predicted molar refractivity (Wildman–Crippen MR) is 82.5 cm³/mol. The standard InChI is InChI=1S/C15H20ClN3O2/c1-17-11-14(20)18-6-3-7-19(9-8-18)15(21)12-4-2-5-13(16)10-12/h2,4-5,10,17H,3,6-9,11H2,1H3. The van der Waals surface area contributed by atoms with Gasteiger partial charge in [-0.15, -0.1) is 0 Å². The molecular weight excluding hydrogens is 290 g/mol. The fourth-order valence-electron chi connectivity index (χ4n) is 2.44. The quantitative estimate of drug-likeness (QED) is 0.914. The second-order valence-electron chi connectivity index (χ2n) is 5.07. The Kier molecular flexibility index (Phi) is 5.59. The number of likely N-dealkylation sites (N-methyl/N-ethyl adjacent to an activating group) is 1. The molecule has 6 heteroatoms. The Morgan fingerprint density at radius 3 is 2.62 bits per heavy atom. The van der Waals surface area contributed by atoms with Gasteiger partial charge >= 0.3 is 0 Å². The summed E-state index contributed by atoms with van der Waals surface area (Å²) in [6, 6.07) is 6.97. The van der Waals surface area contributed by atoms with Gasteiger partial charge in [0.15, 0.2) is 0 Å². The molecule has 1 N–H and O–H groups in total. The van der Waals surface area contributed by atoms with Crippen LogP contribution in [0.5, 0.6) is 0 Å². The average Bonchev–Trinajstić information content (AvgIpc) is 2.72. The number of hydrogen-bond acceptors (Lipinski definition) is 3. The van der Waals surface area contributed by atoms with Crippen LogP contribution in [0.15, 0.2) is 24.3 Å². The second kappa shape index (κ2) is 7.43. The van der Waals surface area contributed by atoms with Crippen molar-refractivity contribution in [1.82, 2.24) is 15.1 Å². The van der Waals surface area contributed by atoms with E-state index in [9.17, 15) is 9.59 Å². The van der Waals surface area contributed by atoms with Gasteiger partial charge in [0.1, 0.15) is 0 Å². The van der Waals surface area contributed by atoms with Gasteiger partial charge in [-0.3, -0.25) is 9.59 Å². The Labute approximate surface area is 129 Å². The molecule has 0 aliphatic carbocycles. The maximum Gasteiger partial charge on any atom is 0.253 e. The van der Waals surface area contributed by atoms with Crippen LogP contribution in [-0.2, 0) is 4.79 Å². The van der Waals surface area contributed by atoms with E-state index in [1.807, 2.05) is 4.90 Å². The van der Waals surface area contributed by atoms with Crippen LogP contribution in [0.1, 0.15) is 16.8 Å². The minimum Gasteiger partial charge on any atom is -0.340 e. The predicted octanol–water partition coefficient (Wildman–Crippen LogP) is 1.23. The van der Waals surface area contributed by atoms with Gasteiger partial charge in [0, 0.05) is 36.8 Å².